The summed E-state index contributed by atoms with van der Waals surface area (Å²) in [5.41, 5.74) is 3.85. The molecule has 2 rings (SSSR count). The fraction of sp³-hybridized carbons (Fsp3) is 0.263. The summed E-state index contributed by atoms with van der Waals surface area (Å²) >= 11 is 6.08. The lowest BCUT2D eigenvalue weighted by atomic mass is 10.1. The van der Waals surface area contributed by atoms with Gasteiger partial charge in [-0.05, 0) is 30.3 Å². The topological polar surface area (TPSA) is 93.9 Å². The van der Waals surface area contributed by atoms with Crippen molar-refractivity contribution in [3.63, 3.8) is 0 Å². The standard InChI is InChI=1S/C19H19ClF3N3O4/c1-26(2)11-4-5-14(12(8-11)19(21,22)23)25-18(28)10-6-13(20)17(15(7-10)29-3)30-9-16(24)27/h4-8H,9H2,1-3H3,(H2,24,27)(H,25,28). The van der Waals surface area contributed by atoms with E-state index in [9.17, 15) is 22.8 Å². The molecule has 0 aromatic heterocycles. The minimum Gasteiger partial charge on any atom is -0.493 e. The van der Waals surface area contributed by atoms with E-state index in [1.54, 1.807) is 14.1 Å². The fourth-order valence-electron chi connectivity index (χ4n) is 2.48. The first-order valence-corrected chi connectivity index (χ1v) is 8.80. The molecule has 0 fully saturated rings. The zero-order chi connectivity index (χ0) is 22.6. The number of nitrogens with two attached hydrogens (primary N) is 1. The molecule has 30 heavy (non-hydrogen) atoms. The molecule has 2 amide bonds. The molecule has 0 aliphatic heterocycles. The first kappa shape index (κ1) is 23.1. The number of rotatable bonds is 7. The van der Waals surface area contributed by atoms with Crippen molar-refractivity contribution in [1.29, 1.82) is 0 Å². The molecule has 2 aromatic carbocycles. The number of primary amides is 1. The zero-order valence-corrected chi connectivity index (χ0v) is 17.0. The minimum atomic E-state index is -4.68. The van der Waals surface area contributed by atoms with Gasteiger partial charge in [0.15, 0.2) is 18.1 Å². The van der Waals surface area contributed by atoms with Crippen molar-refractivity contribution in [1.82, 2.24) is 0 Å². The van der Waals surface area contributed by atoms with Crippen LogP contribution in [-0.4, -0.2) is 39.6 Å². The molecule has 11 heteroatoms. The van der Waals surface area contributed by atoms with E-state index in [1.807, 2.05) is 0 Å². The number of alkyl halides is 3. The van der Waals surface area contributed by atoms with Crippen LogP contribution in [0.5, 0.6) is 11.5 Å². The fourth-order valence-corrected chi connectivity index (χ4v) is 2.75. The highest BCUT2D eigenvalue weighted by molar-refractivity contribution is 6.32. The summed E-state index contributed by atoms with van der Waals surface area (Å²) < 4.78 is 50.6. The van der Waals surface area contributed by atoms with Crippen molar-refractivity contribution in [3.05, 3.63) is 46.5 Å². The number of halogens is 4. The summed E-state index contributed by atoms with van der Waals surface area (Å²) in [5.74, 6) is -1.62. The Bertz CT molecular complexity index is 965. The monoisotopic (exact) mass is 445 g/mol. The molecular weight excluding hydrogens is 427 g/mol. The average molecular weight is 446 g/mol. The third kappa shape index (κ3) is 5.47. The number of nitrogens with one attached hydrogen (secondary N) is 1. The molecular formula is C19H19ClF3N3O4. The Morgan fingerprint density at radius 1 is 1.20 bits per heavy atom. The maximum atomic E-state index is 13.5. The number of carbonyl (C=O) groups excluding carboxylic acids is 2. The lowest BCUT2D eigenvalue weighted by Crippen LogP contribution is -2.20. The summed E-state index contributed by atoms with van der Waals surface area (Å²) in [6.07, 6.45) is -4.68. The quantitative estimate of drug-likeness (QED) is 0.679. The highest BCUT2D eigenvalue weighted by Gasteiger charge is 2.34. The van der Waals surface area contributed by atoms with Crippen LogP contribution < -0.4 is 25.4 Å². The van der Waals surface area contributed by atoms with E-state index in [4.69, 9.17) is 26.8 Å². The summed E-state index contributed by atoms with van der Waals surface area (Å²) in [7, 11) is 4.47. The SMILES string of the molecule is COc1cc(C(=O)Nc2ccc(N(C)C)cc2C(F)(F)F)cc(Cl)c1OCC(N)=O. The van der Waals surface area contributed by atoms with Gasteiger partial charge in [-0.1, -0.05) is 11.6 Å². The van der Waals surface area contributed by atoms with Crippen LogP contribution >= 0.6 is 11.6 Å². The van der Waals surface area contributed by atoms with Crippen LogP contribution in [-0.2, 0) is 11.0 Å². The van der Waals surface area contributed by atoms with Gasteiger partial charge in [0.25, 0.3) is 11.8 Å². The lowest BCUT2D eigenvalue weighted by molar-refractivity contribution is -0.136. The Kier molecular flexibility index (Phi) is 7.04. The van der Waals surface area contributed by atoms with Crippen LogP contribution in [0.25, 0.3) is 0 Å². The molecule has 0 bridgehead atoms. The van der Waals surface area contributed by atoms with E-state index in [2.05, 4.69) is 5.32 Å². The smallest absolute Gasteiger partial charge is 0.418 e. The molecule has 162 valence electrons. The van der Waals surface area contributed by atoms with Gasteiger partial charge in [-0.2, -0.15) is 13.2 Å². The van der Waals surface area contributed by atoms with Crippen molar-refractivity contribution in [3.8, 4) is 11.5 Å². The molecule has 2 aromatic rings. The zero-order valence-electron chi connectivity index (χ0n) is 16.3. The van der Waals surface area contributed by atoms with Crippen molar-refractivity contribution in [2.24, 2.45) is 5.73 Å². The van der Waals surface area contributed by atoms with E-state index in [1.165, 1.54) is 36.3 Å². The largest absolute Gasteiger partial charge is 0.493 e. The number of anilines is 2. The Morgan fingerprint density at radius 2 is 1.87 bits per heavy atom. The molecule has 0 aliphatic carbocycles. The maximum Gasteiger partial charge on any atom is 0.418 e. The number of ether oxygens (including phenoxy) is 2. The molecule has 0 saturated heterocycles. The van der Waals surface area contributed by atoms with E-state index in [0.29, 0.717) is 5.69 Å². The van der Waals surface area contributed by atoms with Gasteiger partial charge in [0.2, 0.25) is 0 Å². The van der Waals surface area contributed by atoms with Gasteiger partial charge in [-0.15, -0.1) is 0 Å². The molecule has 0 heterocycles. The summed E-state index contributed by atoms with van der Waals surface area (Å²) in [5, 5.41) is 2.16. The number of amides is 2. The maximum absolute atomic E-state index is 13.5. The van der Waals surface area contributed by atoms with Crippen molar-refractivity contribution < 1.29 is 32.2 Å². The third-order valence-corrected chi connectivity index (χ3v) is 4.20. The highest BCUT2D eigenvalue weighted by Crippen LogP contribution is 2.39. The van der Waals surface area contributed by atoms with Crippen molar-refractivity contribution in [2.45, 2.75) is 6.18 Å². The normalized spacial score (nSPS) is 11.0. The average Bonchev–Trinajstić information content (AvgIpc) is 2.65. The van der Waals surface area contributed by atoms with Gasteiger partial charge < -0.3 is 25.4 Å². The van der Waals surface area contributed by atoms with Crippen LogP contribution in [0.15, 0.2) is 30.3 Å². The molecule has 0 saturated carbocycles. The molecule has 0 aliphatic rings. The Hall–Kier alpha value is -3.14. The van der Waals surface area contributed by atoms with Crippen LogP contribution in [0, 0.1) is 0 Å². The second kappa shape index (κ2) is 9.12. The Morgan fingerprint density at radius 3 is 2.40 bits per heavy atom. The summed E-state index contributed by atoms with van der Waals surface area (Å²) in [4.78, 5) is 25.0. The molecule has 0 atom stereocenters. The lowest BCUT2D eigenvalue weighted by Gasteiger charge is -2.19. The highest BCUT2D eigenvalue weighted by atomic mass is 35.5. The number of hydrogen-bond donors (Lipinski definition) is 2. The van der Waals surface area contributed by atoms with Gasteiger partial charge in [0.05, 0.1) is 23.4 Å². The van der Waals surface area contributed by atoms with Crippen LogP contribution in [0.3, 0.4) is 0 Å². The van der Waals surface area contributed by atoms with Crippen LogP contribution in [0.4, 0.5) is 24.5 Å². The number of methoxy groups -OCH3 is 1. The third-order valence-electron chi connectivity index (χ3n) is 3.92. The summed E-state index contributed by atoms with van der Waals surface area (Å²) in [6.45, 7) is -0.477. The van der Waals surface area contributed by atoms with E-state index in [-0.39, 0.29) is 22.1 Å². The van der Waals surface area contributed by atoms with Gasteiger partial charge >= 0.3 is 6.18 Å². The van der Waals surface area contributed by atoms with Gasteiger partial charge in [0, 0.05) is 25.3 Å². The van der Waals surface area contributed by atoms with E-state index < -0.39 is 35.8 Å². The Balaban J connectivity index is 2.38. The Labute approximate surface area is 175 Å². The van der Waals surface area contributed by atoms with E-state index >= 15 is 0 Å². The molecule has 3 N–H and O–H groups in total. The number of hydrogen-bond acceptors (Lipinski definition) is 5. The minimum absolute atomic E-state index is 0.00732. The van der Waals surface area contributed by atoms with Crippen molar-refractivity contribution >= 4 is 34.8 Å². The number of benzene rings is 2. The second-order valence-electron chi connectivity index (χ2n) is 6.32. The molecule has 0 radical (unpaired) electrons. The van der Waals surface area contributed by atoms with E-state index in [0.717, 1.165) is 6.07 Å². The predicted octanol–water partition coefficient (Wildman–Crippen LogP) is 3.55. The van der Waals surface area contributed by atoms with Crippen molar-refractivity contribution in [2.75, 3.05) is 38.0 Å². The number of carbonyl (C=O) groups is 2. The van der Waals surface area contributed by atoms with Gasteiger partial charge in [-0.25, -0.2) is 0 Å². The molecule has 0 unspecified atom stereocenters. The summed E-state index contributed by atoms with van der Waals surface area (Å²) in [6, 6.07) is 5.94. The van der Waals surface area contributed by atoms with Gasteiger partial charge in [-0.3, -0.25) is 9.59 Å². The first-order chi connectivity index (χ1) is 13.9. The van der Waals surface area contributed by atoms with Gasteiger partial charge in [0.1, 0.15) is 0 Å². The first-order valence-electron chi connectivity index (χ1n) is 8.42. The predicted molar refractivity (Wildman–Crippen MR) is 106 cm³/mol. The molecule has 7 nitrogen and oxygen atoms in total. The number of nitrogens with zero attached hydrogens (tertiary/aromatic N) is 1. The second-order valence-corrected chi connectivity index (χ2v) is 6.73. The van der Waals surface area contributed by atoms with Crippen LogP contribution in [0.2, 0.25) is 5.02 Å². The van der Waals surface area contributed by atoms with Crippen LogP contribution in [0.1, 0.15) is 15.9 Å². The molecule has 0 spiro atoms.